The lowest BCUT2D eigenvalue weighted by atomic mass is 10.2. The van der Waals surface area contributed by atoms with Gasteiger partial charge in [-0.3, -0.25) is 4.18 Å². The van der Waals surface area contributed by atoms with Crippen LogP contribution in [0.3, 0.4) is 0 Å². The summed E-state index contributed by atoms with van der Waals surface area (Å²) < 4.78 is 28.9. The minimum atomic E-state index is -3.72. The fraction of sp³-hybridized carbons (Fsp3) is 0.0667. The Morgan fingerprint density at radius 3 is 2.21 bits per heavy atom. The molecular weight excluding hydrogens is 260 g/mol. The van der Waals surface area contributed by atoms with Crippen molar-refractivity contribution in [2.45, 2.75) is 11.5 Å². The molecule has 0 N–H and O–H groups in total. The van der Waals surface area contributed by atoms with Gasteiger partial charge >= 0.3 is 0 Å². The van der Waals surface area contributed by atoms with E-state index in [1.807, 2.05) is 30.3 Å². The summed E-state index contributed by atoms with van der Waals surface area (Å²) in [5, 5.41) is 0. The molecule has 0 saturated heterocycles. The van der Waals surface area contributed by atoms with Gasteiger partial charge in [-0.15, -0.1) is 0 Å². The Balaban J connectivity index is 2.11. The number of hydrogen-bond donors (Lipinski definition) is 0. The molecule has 2 aromatic rings. The summed E-state index contributed by atoms with van der Waals surface area (Å²) in [6.07, 6.45) is 1.65. The van der Waals surface area contributed by atoms with Gasteiger partial charge in [-0.25, -0.2) is 0 Å². The molecule has 0 heterocycles. The van der Waals surface area contributed by atoms with E-state index < -0.39 is 10.1 Å². The molecule has 0 aliphatic heterocycles. The molecule has 0 unspecified atom stereocenters. The van der Waals surface area contributed by atoms with Crippen molar-refractivity contribution in [1.29, 1.82) is 0 Å². The molecule has 0 atom stereocenters. The SMILES string of the molecule is C=Cc1ccc(S(=O)(=O)OCc2ccccc2)cc1. The van der Waals surface area contributed by atoms with Crippen LogP contribution in [0.4, 0.5) is 0 Å². The lowest BCUT2D eigenvalue weighted by Gasteiger charge is -2.06. The van der Waals surface area contributed by atoms with Gasteiger partial charge in [0.2, 0.25) is 0 Å². The monoisotopic (exact) mass is 274 g/mol. The molecule has 0 aromatic heterocycles. The molecule has 0 aliphatic carbocycles. The first kappa shape index (κ1) is 13.5. The van der Waals surface area contributed by atoms with Gasteiger partial charge < -0.3 is 0 Å². The van der Waals surface area contributed by atoms with Crippen LogP contribution in [-0.2, 0) is 20.9 Å². The van der Waals surface area contributed by atoms with Crippen LogP contribution >= 0.6 is 0 Å². The van der Waals surface area contributed by atoms with E-state index in [0.717, 1.165) is 11.1 Å². The van der Waals surface area contributed by atoms with Crippen LogP contribution in [-0.4, -0.2) is 8.42 Å². The third-order valence-corrected chi connectivity index (χ3v) is 3.91. The summed E-state index contributed by atoms with van der Waals surface area (Å²) in [5.74, 6) is 0. The van der Waals surface area contributed by atoms with Crippen LogP contribution in [0.5, 0.6) is 0 Å². The molecule has 19 heavy (non-hydrogen) atoms. The maximum atomic E-state index is 12.0. The smallest absolute Gasteiger partial charge is 0.262 e. The zero-order valence-corrected chi connectivity index (χ0v) is 11.1. The van der Waals surface area contributed by atoms with Crippen LogP contribution in [0.1, 0.15) is 11.1 Å². The highest BCUT2D eigenvalue weighted by atomic mass is 32.2. The Morgan fingerprint density at radius 2 is 1.63 bits per heavy atom. The van der Waals surface area contributed by atoms with Crippen LogP contribution in [0.15, 0.2) is 66.1 Å². The summed E-state index contributed by atoms with van der Waals surface area (Å²) in [6, 6.07) is 15.6. The first-order chi connectivity index (χ1) is 9.12. The average Bonchev–Trinajstić information content (AvgIpc) is 2.46. The van der Waals surface area contributed by atoms with Crippen molar-refractivity contribution >= 4 is 16.2 Å². The van der Waals surface area contributed by atoms with Gasteiger partial charge in [0.1, 0.15) is 0 Å². The van der Waals surface area contributed by atoms with E-state index in [1.165, 1.54) is 12.1 Å². The van der Waals surface area contributed by atoms with E-state index in [9.17, 15) is 8.42 Å². The van der Waals surface area contributed by atoms with Crippen molar-refractivity contribution in [2.75, 3.05) is 0 Å². The molecular formula is C15H14O3S. The van der Waals surface area contributed by atoms with E-state index in [0.29, 0.717) is 0 Å². The highest BCUT2D eigenvalue weighted by Gasteiger charge is 2.14. The fourth-order valence-corrected chi connectivity index (χ4v) is 2.46. The summed E-state index contributed by atoms with van der Waals surface area (Å²) in [6.45, 7) is 3.65. The quantitative estimate of drug-likeness (QED) is 0.786. The predicted molar refractivity (Wildman–Crippen MR) is 74.9 cm³/mol. The van der Waals surface area contributed by atoms with E-state index in [-0.39, 0.29) is 11.5 Å². The second-order valence-corrected chi connectivity index (χ2v) is 5.59. The molecule has 0 aliphatic rings. The minimum Gasteiger partial charge on any atom is -0.262 e. The summed E-state index contributed by atoms with van der Waals surface area (Å²) in [4.78, 5) is 0.147. The van der Waals surface area contributed by atoms with Crippen molar-refractivity contribution in [3.05, 3.63) is 72.3 Å². The van der Waals surface area contributed by atoms with E-state index in [2.05, 4.69) is 6.58 Å². The van der Waals surface area contributed by atoms with E-state index >= 15 is 0 Å². The highest BCUT2D eigenvalue weighted by molar-refractivity contribution is 7.86. The Morgan fingerprint density at radius 1 is 1.00 bits per heavy atom. The Hall–Kier alpha value is -1.91. The maximum absolute atomic E-state index is 12.0. The number of benzene rings is 2. The molecule has 3 nitrogen and oxygen atoms in total. The minimum absolute atomic E-state index is 0.0341. The normalized spacial score (nSPS) is 11.2. The second-order valence-electron chi connectivity index (χ2n) is 3.98. The summed E-state index contributed by atoms with van der Waals surface area (Å²) in [5.41, 5.74) is 1.68. The van der Waals surface area contributed by atoms with Crippen molar-refractivity contribution in [1.82, 2.24) is 0 Å². The van der Waals surface area contributed by atoms with E-state index in [1.54, 1.807) is 18.2 Å². The van der Waals surface area contributed by atoms with Crippen LogP contribution < -0.4 is 0 Å². The molecule has 4 heteroatoms. The number of rotatable bonds is 5. The first-order valence-electron chi connectivity index (χ1n) is 5.78. The van der Waals surface area contributed by atoms with Crippen LogP contribution in [0.25, 0.3) is 6.08 Å². The zero-order chi connectivity index (χ0) is 13.7. The Labute approximate surface area is 113 Å². The summed E-state index contributed by atoms with van der Waals surface area (Å²) in [7, 11) is -3.72. The summed E-state index contributed by atoms with van der Waals surface area (Å²) >= 11 is 0. The fourth-order valence-electron chi connectivity index (χ4n) is 1.56. The van der Waals surface area contributed by atoms with Crippen molar-refractivity contribution in [3.8, 4) is 0 Å². The standard InChI is InChI=1S/C15H14O3S/c1-2-13-8-10-15(11-9-13)19(16,17)18-12-14-6-4-3-5-7-14/h2-11H,1,12H2. The van der Waals surface area contributed by atoms with Gasteiger partial charge in [0.05, 0.1) is 11.5 Å². The number of hydrogen-bond acceptors (Lipinski definition) is 3. The van der Waals surface area contributed by atoms with Gasteiger partial charge in [-0.1, -0.05) is 55.1 Å². The molecule has 0 saturated carbocycles. The largest absolute Gasteiger partial charge is 0.297 e. The molecule has 2 aromatic carbocycles. The Bertz CT molecular complexity index is 644. The van der Waals surface area contributed by atoms with Crippen molar-refractivity contribution in [3.63, 3.8) is 0 Å². The maximum Gasteiger partial charge on any atom is 0.297 e. The van der Waals surface area contributed by atoms with Crippen molar-refractivity contribution < 1.29 is 12.6 Å². The second kappa shape index (κ2) is 5.82. The van der Waals surface area contributed by atoms with Gasteiger partial charge in [-0.2, -0.15) is 8.42 Å². The van der Waals surface area contributed by atoms with Crippen LogP contribution in [0.2, 0.25) is 0 Å². The molecule has 98 valence electrons. The van der Waals surface area contributed by atoms with Gasteiger partial charge in [0, 0.05) is 0 Å². The van der Waals surface area contributed by atoms with Crippen molar-refractivity contribution in [2.24, 2.45) is 0 Å². The zero-order valence-electron chi connectivity index (χ0n) is 10.3. The highest BCUT2D eigenvalue weighted by Crippen LogP contribution is 2.15. The van der Waals surface area contributed by atoms with E-state index in [4.69, 9.17) is 4.18 Å². The molecule has 0 bridgehead atoms. The third kappa shape index (κ3) is 3.53. The third-order valence-electron chi connectivity index (χ3n) is 2.63. The predicted octanol–water partition coefficient (Wildman–Crippen LogP) is 3.24. The van der Waals surface area contributed by atoms with Gasteiger partial charge in [0.15, 0.2) is 0 Å². The topological polar surface area (TPSA) is 43.4 Å². The lowest BCUT2D eigenvalue weighted by molar-refractivity contribution is 0.308. The molecule has 0 radical (unpaired) electrons. The lowest BCUT2D eigenvalue weighted by Crippen LogP contribution is -2.06. The van der Waals surface area contributed by atoms with Crippen LogP contribution in [0, 0.1) is 0 Å². The van der Waals surface area contributed by atoms with Gasteiger partial charge in [0.25, 0.3) is 10.1 Å². The molecule has 2 rings (SSSR count). The molecule has 0 spiro atoms. The Kier molecular flexibility index (Phi) is 4.14. The molecule has 0 amide bonds. The van der Waals surface area contributed by atoms with Gasteiger partial charge in [-0.05, 0) is 23.3 Å². The molecule has 0 fully saturated rings. The average molecular weight is 274 g/mol. The first-order valence-corrected chi connectivity index (χ1v) is 7.18.